The number of likely N-dealkylation sites (N-methyl/N-ethyl adjacent to an activating group) is 2. The van der Waals surface area contributed by atoms with Gasteiger partial charge < -0.3 is 116 Å². The Morgan fingerprint density at radius 3 is 1.06 bits per heavy atom. The number of nitrogens with zero attached hydrogens (tertiary/aromatic N) is 6. The lowest BCUT2D eigenvalue weighted by molar-refractivity contribution is 0.107. The summed E-state index contributed by atoms with van der Waals surface area (Å²) in [6, 6.07) is 3.01. The normalized spacial score (nSPS) is 25.7. The third kappa shape index (κ3) is 54.5. The zero-order valence-corrected chi connectivity index (χ0v) is 73.6. The highest BCUT2D eigenvalue weighted by Crippen LogP contribution is 2.39. The van der Waals surface area contributed by atoms with Crippen LogP contribution < -0.4 is 96.1 Å². The summed E-state index contributed by atoms with van der Waals surface area (Å²) in [6.07, 6.45) is 26.5. The number of sulfone groups is 1. The van der Waals surface area contributed by atoms with Crippen molar-refractivity contribution in [1.82, 2.24) is 120 Å². The minimum Gasteiger partial charge on any atom is -0.386 e. The van der Waals surface area contributed by atoms with Crippen LogP contribution >= 0.6 is 0 Å². The van der Waals surface area contributed by atoms with Gasteiger partial charge in [0.15, 0.2) is 9.84 Å². The standard InChI is InChI=1S/C8H18N2.C8H15N.2C7H14N2.2C7H16N2.C6H14N2.C5H12N2.C5H10N2.C5H12N2.2C5H11N.C4H10N2.C4H9NO2S/c1-8(2)7-10-5-3-9-4-6-10;1-2-4-8(5-3-1)6-9-7-8;1-3-8-4-2-7(1)5-9-6-7;1-2-7(1)9-5-3-8-4-6-9;1-9(2)7-3-5-8-6-4-7;1-7(2)9-5-3-8-4-6-9;1-2-8-5-3-7-4-6-8;1-7-4-2-6-3-5-7;1-5-4-6-2-3-7-5;6-5-1-3-7-4-2-5;2*1-2-4-6-5-3-1;1-2-6-4-3-5-1;6-8(7)3-1-5-2-4-8/h8-9H,3-7H2,1-2H3;9H,1-7H2;8-9H,1-6H2;7-8H,1-6H2;2*7-8H,3-6H2,1-2H3;7H,2-6H2,1H3;6H,2-5H2,1H3;6-7H,1-4H2;5,7H,1-4,6H2;2*6H,1-5H2;5-6H,1-4H2;5H,1-4H2. The molecule has 0 aromatic rings. The van der Waals surface area contributed by atoms with E-state index in [4.69, 9.17) is 5.73 Å². The monoisotopic (exact) mass is 1580 g/mol. The van der Waals surface area contributed by atoms with Gasteiger partial charge in [0.1, 0.15) is 0 Å². The fraction of sp³-hybridized carbons (Fsp3) is 0.976. The van der Waals surface area contributed by atoms with Gasteiger partial charge in [0.2, 0.25) is 0 Å². The molecule has 17 rings (SSSR count). The summed E-state index contributed by atoms with van der Waals surface area (Å²) >= 11 is 0. The average Bonchev–Trinajstić information content (AvgIpc) is 1.47. The molecule has 0 atom stereocenters. The minimum absolute atomic E-state index is 0.312. The molecule has 17 aliphatic rings. The number of hydrogen-bond acceptors (Lipinski definition) is 26. The molecule has 0 amide bonds. The molecule has 2 saturated carbocycles. The molecule has 0 unspecified atom stereocenters. The van der Waals surface area contributed by atoms with Gasteiger partial charge in [-0.25, -0.2) is 8.42 Å². The summed E-state index contributed by atoms with van der Waals surface area (Å²) in [5.74, 6) is 1.44. The summed E-state index contributed by atoms with van der Waals surface area (Å²) in [7, 11) is 3.83. The van der Waals surface area contributed by atoms with Crippen LogP contribution in [0.2, 0.25) is 0 Å². The van der Waals surface area contributed by atoms with E-state index in [0.717, 1.165) is 138 Å². The summed E-state index contributed by atoms with van der Waals surface area (Å²) < 4.78 is 21.2. The van der Waals surface area contributed by atoms with Gasteiger partial charge in [-0.2, -0.15) is 0 Å². The molecular formula is C83H182N24O2S. The van der Waals surface area contributed by atoms with Crippen molar-refractivity contribution in [3.05, 3.63) is 12.3 Å². The molecule has 15 aliphatic heterocycles. The van der Waals surface area contributed by atoms with Crippen molar-refractivity contribution in [2.75, 3.05) is 327 Å². The smallest absolute Gasteiger partial charge is 0.152 e. The maximum atomic E-state index is 10.6. The predicted molar refractivity (Wildman–Crippen MR) is 473 cm³/mol. The van der Waals surface area contributed by atoms with Crippen molar-refractivity contribution in [2.24, 2.45) is 22.5 Å². The van der Waals surface area contributed by atoms with Gasteiger partial charge in [0, 0.05) is 252 Å². The highest BCUT2D eigenvalue weighted by atomic mass is 32.2. The van der Waals surface area contributed by atoms with E-state index in [1.165, 1.54) is 305 Å². The predicted octanol–water partition coefficient (Wildman–Crippen LogP) is 1.23. The summed E-state index contributed by atoms with van der Waals surface area (Å²) in [4.78, 5) is 14.7. The number of rotatable bonds is 6. The molecule has 27 heteroatoms. The molecule has 17 fully saturated rings. The first-order chi connectivity index (χ1) is 53.5. The van der Waals surface area contributed by atoms with Gasteiger partial charge in [-0.15, -0.1) is 0 Å². The van der Waals surface area contributed by atoms with E-state index in [1.807, 2.05) is 0 Å². The fourth-order valence-corrected chi connectivity index (χ4v) is 16.6. The molecule has 0 bridgehead atoms. The quantitative estimate of drug-likeness (QED) is 0.178. The van der Waals surface area contributed by atoms with Crippen LogP contribution in [0.4, 0.5) is 0 Å². The Labute approximate surface area is 677 Å². The lowest BCUT2D eigenvalue weighted by Crippen LogP contribution is -2.57. The van der Waals surface area contributed by atoms with Crippen molar-refractivity contribution in [3.63, 3.8) is 0 Å². The van der Waals surface area contributed by atoms with Crippen LogP contribution in [0, 0.1) is 16.7 Å². The molecular weight excluding hydrogens is 1400 g/mol. The van der Waals surface area contributed by atoms with Gasteiger partial charge >= 0.3 is 0 Å². The molecule has 2 aliphatic carbocycles. The van der Waals surface area contributed by atoms with E-state index in [2.05, 4.69) is 182 Å². The van der Waals surface area contributed by atoms with Crippen molar-refractivity contribution in [2.45, 2.75) is 181 Å². The zero-order valence-electron chi connectivity index (χ0n) is 72.7. The second-order valence-electron chi connectivity index (χ2n) is 34.4. The lowest BCUT2D eigenvalue weighted by Gasteiger charge is -2.45. The molecule has 15 saturated heterocycles. The van der Waals surface area contributed by atoms with Crippen LogP contribution in [-0.2, 0) is 9.84 Å². The molecule has 652 valence electrons. The Bertz CT molecular complexity index is 1960. The van der Waals surface area contributed by atoms with Gasteiger partial charge in [0.25, 0.3) is 0 Å². The lowest BCUT2D eigenvalue weighted by atomic mass is 9.70. The van der Waals surface area contributed by atoms with Crippen LogP contribution in [-0.4, -0.2) is 389 Å². The Morgan fingerprint density at radius 2 is 0.800 bits per heavy atom. The van der Waals surface area contributed by atoms with Gasteiger partial charge in [-0.3, -0.25) is 9.80 Å². The average molecular weight is 1580 g/mol. The summed E-state index contributed by atoms with van der Waals surface area (Å²) in [6.45, 7) is 67.7. The number of piperidine rings is 5. The van der Waals surface area contributed by atoms with E-state index in [-0.39, 0.29) is 0 Å². The van der Waals surface area contributed by atoms with Crippen molar-refractivity contribution in [3.8, 4) is 0 Å². The Hall–Kier alpha value is -1.43. The highest BCUT2D eigenvalue weighted by molar-refractivity contribution is 7.91. The van der Waals surface area contributed by atoms with E-state index < -0.39 is 9.84 Å². The van der Waals surface area contributed by atoms with Crippen molar-refractivity contribution in [1.29, 1.82) is 0 Å². The first-order valence-electron chi connectivity index (χ1n) is 45.5. The number of piperazine rings is 7. The minimum atomic E-state index is -2.65. The Kier molecular flexibility index (Phi) is 61.0. The second-order valence-corrected chi connectivity index (χ2v) is 36.7. The van der Waals surface area contributed by atoms with Crippen LogP contribution in [0.25, 0.3) is 0 Å². The maximum absolute atomic E-state index is 10.6. The largest absolute Gasteiger partial charge is 0.386 e. The van der Waals surface area contributed by atoms with E-state index >= 15 is 0 Å². The third-order valence-corrected chi connectivity index (χ3v) is 25.1. The molecule has 0 aromatic heterocycles. The summed E-state index contributed by atoms with van der Waals surface area (Å²) in [5.41, 5.74) is 8.22. The molecule has 26 nitrogen and oxygen atoms in total. The maximum Gasteiger partial charge on any atom is 0.152 e. The van der Waals surface area contributed by atoms with Gasteiger partial charge in [-0.05, 0) is 214 Å². The fourth-order valence-electron chi connectivity index (χ4n) is 15.5. The molecule has 0 aromatic carbocycles. The Balaban J connectivity index is 0.000000251. The third-order valence-electron chi connectivity index (χ3n) is 23.5. The topological polar surface area (TPSA) is 284 Å². The molecule has 2 spiro atoms. The van der Waals surface area contributed by atoms with Crippen LogP contribution in [0.1, 0.15) is 157 Å². The van der Waals surface area contributed by atoms with Crippen LogP contribution in [0.3, 0.4) is 0 Å². The van der Waals surface area contributed by atoms with E-state index in [1.54, 1.807) is 0 Å². The van der Waals surface area contributed by atoms with Gasteiger partial charge in [0.05, 0.1) is 11.5 Å². The summed E-state index contributed by atoms with van der Waals surface area (Å²) in [5, 5.41) is 55.6. The first-order valence-corrected chi connectivity index (χ1v) is 47.3. The first kappa shape index (κ1) is 101. The van der Waals surface area contributed by atoms with Crippen molar-refractivity contribution < 1.29 is 8.42 Å². The van der Waals surface area contributed by atoms with Gasteiger partial charge in [-0.1, -0.05) is 59.5 Å². The van der Waals surface area contributed by atoms with E-state index in [9.17, 15) is 8.42 Å². The number of nitrogens with two attached hydrogens (primary N) is 1. The van der Waals surface area contributed by atoms with E-state index in [0.29, 0.717) is 30.6 Å². The molecule has 15 heterocycles. The van der Waals surface area contributed by atoms with Crippen molar-refractivity contribution >= 4 is 9.84 Å². The zero-order chi connectivity index (χ0) is 79.1. The van der Waals surface area contributed by atoms with Crippen LogP contribution in [0.5, 0.6) is 0 Å². The highest BCUT2D eigenvalue weighted by Gasteiger charge is 2.38. The second kappa shape index (κ2) is 66.5. The Morgan fingerprint density at radius 1 is 0.418 bits per heavy atom. The molecule has 110 heavy (non-hydrogen) atoms. The number of nitrogens with one attached hydrogen (secondary N) is 17. The van der Waals surface area contributed by atoms with Crippen LogP contribution in [0.15, 0.2) is 12.3 Å². The SMILES string of the molecule is C1CC2(CCN1)CNC2.C1CCC2(CC1)CNC2.C1CCNCC1.C1CCNCC1.C1CN(C2CC2)CCN1.C1CNCCN1.C=C1CNCCN1.CC(C)CN1CCNCC1.CC(C)N1CCNCC1.CCN1CCNCC1.CN(C)C1CCNCC1.CN1CCNCC1.NC1CCNCC1.O=S1(=O)CCNCC1. The number of hydrogen-bond donors (Lipinski definition) is 18. The molecule has 19 N–H and O–H groups in total. The molecule has 0 radical (unpaired) electrons.